The third kappa shape index (κ3) is 3.05. The van der Waals surface area contributed by atoms with Crippen molar-refractivity contribution in [3.05, 3.63) is 34.4 Å². The van der Waals surface area contributed by atoms with Gasteiger partial charge in [0.25, 0.3) is 0 Å². The lowest BCUT2D eigenvalue weighted by atomic mass is 9.43. The van der Waals surface area contributed by atoms with Crippen LogP contribution in [0.3, 0.4) is 0 Å². The molecule has 6 nitrogen and oxygen atoms in total. The van der Waals surface area contributed by atoms with Gasteiger partial charge in [0.1, 0.15) is 6.10 Å². The van der Waals surface area contributed by atoms with Crippen molar-refractivity contribution in [1.29, 1.82) is 0 Å². The fourth-order valence-electron chi connectivity index (χ4n) is 8.67. The highest BCUT2D eigenvalue weighted by atomic mass is 16.5. The van der Waals surface area contributed by atoms with Crippen molar-refractivity contribution in [2.24, 2.45) is 28.6 Å². The molecule has 1 aromatic rings. The van der Waals surface area contributed by atoms with E-state index in [0.717, 1.165) is 50.5 Å². The maximum Gasteiger partial charge on any atom is 0.335 e. The molecular weight excluding hydrogens is 408 g/mol. The van der Waals surface area contributed by atoms with E-state index in [1.807, 2.05) is 0 Å². The van der Waals surface area contributed by atoms with Crippen LogP contribution in [0.4, 0.5) is 0 Å². The summed E-state index contributed by atoms with van der Waals surface area (Å²) in [6.07, 6.45) is 7.78. The molecule has 0 saturated heterocycles. The zero-order chi connectivity index (χ0) is 22.9. The number of hydrogen-bond donors (Lipinski definition) is 2. The van der Waals surface area contributed by atoms with Crippen molar-refractivity contribution in [1.82, 2.24) is 0 Å². The van der Waals surface area contributed by atoms with Crippen LogP contribution in [0.15, 0.2) is 27.6 Å². The molecule has 1 aromatic heterocycles. The van der Waals surface area contributed by atoms with E-state index in [-0.39, 0.29) is 29.3 Å². The van der Waals surface area contributed by atoms with E-state index >= 15 is 0 Å². The van der Waals surface area contributed by atoms with E-state index in [4.69, 9.17) is 9.15 Å². The van der Waals surface area contributed by atoms with Gasteiger partial charge in [-0.05, 0) is 79.7 Å². The number of ether oxygens (including phenoxy) is 1. The van der Waals surface area contributed by atoms with Crippen molar-refractivity contribution in [3.8, 4) is 0 Å². The maximum absolute atomic E-state index is 12.5. The molecule has 0 radical (unpaired) electrons. The van der Waals surface area contributed by atoms with E-state index < -0.39 is 22.7 Å². The molecule has 4 saturated carbocycles. The number of aliphatic hydroxyl groups excluding tert-OH is 1. The monoisotopic (exact) mass is 444 g/mol. The molecule has 5 rings (SSSR count). The molecule has 0 bridgehead atoms. The smallest absolute Gasteiger partial charge is 0.335 e. The number of carbonyl (C=O) groups is 1. The quantitative estimate of drug-likeness (QED) is 0.674. The lowest BCUT2D eigenvalue weighted by Gasteiger charge is -2.63. The van der Waals surface area contributed by atoms with E-state index in [2.05, 4.69) is 13.8 Å². The lowest BCUT2D eigenvalue weighted by Crippen LogP contribution is -2.62. The Morgan fingerprint density at radius 2 is 1.91 bits per heavy atom. The number of carbonyl (C=O) groups excluding carboxylic acids is 1. The van der Waals surface area contributed by atoms with E-state index in [1.54, 1.807) is 6.07 Å². The fraction of sp³-hybridized carbons (Fsp3) is 0.769. The van der Waals surface area contributed by atoms with Crippen LogP contribution >= 0.6 is 0 Å². The summed E-state index contributed by atoms with van der Waals surface area (Å²) in [5.74, 6) is 0.469. The molecule has 6 heteroatoms. The third-order valence-corrected chi connectivity index (χ3v) is 10.2. The summed E-state index contributed by atoms with van der Waals surface area (Å²) in [6, 6.07) is 3.17. The molecule has 4 fully saturated rings. The van der Waals surface area contributed by atoms with E-state index in [0.29, 0.717) is 18.3 Å². The second-order valence-corrected chi connectivity index (χ2v) is 11.5. The Balaban J connectivity index is 1.55. The molecule has 32 heavy (non-hydrogen) atoms. The summed E-state index contributed by atoms with van der Waals surface area (Å²) < 4.78 is 11.0. The van der Waals surface area contributed by atoms with Crippen molar-refractivity contribution in [2.45, 2.75) is 95.9 Å². The number of aliphatic hydroxyl groups is 2. The van der Waals surface area contributed by atoms with Gasteiger partial charge in [0.15, 0.2) is 0 Å². The van der Waals surface area contributed by atoms with Crippen LogP contribution < -0.4 is 5.63 Å². The van der Waals surface area contributed by atoms with Crippen molar-refractivity contribution in [2.75, 3.05) is 0 Å². The van der Waals surface area contributed by atoms with Gasteiger partial charge in [-0.15, -0.1) is 0 Å². The molecule has 0 spiro atoms. The van der Waals surface area contributed by atoms with Crippen molar-refractivity contribution < 1.29 is 24.2 Å². The molecule has 0 aliphatic heterocycles. The first kappa shape index (κ1) is 22.1. The number of rotatable bonds is 2. The van der Waals surface area contributed by atoms with Crippen LogP contribution in [-0.4, -0.2) is 34.0 Å². The molecule has 9 atom stereocenters. The summed E-state index contributed by atoms with van der Waals surface area (Å²) in [4.78, 5) is 23.6. The van der Waals surface area contributed by atoms with Crippen LogP contribution in [0.2, 0.25) is 0 Å². The number of esters is 1. The Labute approximate surface area is 189 Å². The van der Waals surface area contributed by atoms with Gasteiger partial charge < -0.3 is 19.4 Å². The highest BCUT2D eigenvalue weighted by molar-refractivity contribution is 5.66. The first-order valence-electron chi connectivity index (χ1n) is 12.2. The van der Waals surface area contributed by atoms with Crippen LogP contribution in [0.1, 0.15) is 83.6 Å². The van der Waals surface area contributed by atoms with Gasteiger partial charge in [-0.25, -0.2) is 4.79 Å². The van der Waals surface area contributed by atoms with Gasteiger partial charge >= 0.3 is 11.6 Å². The molecule has 3 unspecified atom stereocenters. The van der Waals surface area contributed by atoms with Crippen molar-refractivity contribution in [3.63, 3.8) is 0 Å². The van der Waals surface area contributed by atoms with Gasteiger partial charge in [-0.2, -0.15) is 0 Å². The predicted molar refractivity (Wildman–Crippen MR) is 118 cm³/mol. The average Bonchev–Trinajstić information content (AvgIpc) is 2.95. The molecule has 1 heterocycles. The molecule has 0 amide bonds. The summed E-state index contributed by atoms with van der Waals surface area (Å²) in [7, 11) is 0. The number of hydrogen-bond acceptors (Lipinski definition) is 6. The molecule has 4 aliphatic rings. The minimum absolute atomic E-state index is 0.133. The van der Waals surface area contributed by atoms with Crippen LogP contribution in [0.25, 0.3) is 0 Å². The van der Waals surface area contributed by atoms with E-state index in [9.17, 15) is 19.8 Å². The Morgan fingerprint density at radius 3 is 2.59 bits per heavy atom. The largest absolute Gasteiger partial charge is 0.462 e. The van der Waals surface area contributed by atoms with Crippen molar-refractivity contribution >= 4 is 5.97 Å². The zero-order valence-electron chi connectivity index (χ0n) is 19.4. The average molecular weight is 445 g/mol. The van der Waals surface area contributed by atoms with Gasteiger partial charge in [-0.1, -0.05) is 13.8 Å². The standard InChI is InChI=1S/C26H36O6/c1-15(27)32-21-13-26(30)20-6-5-17-12-18(28)8-10-24(17,2)19(20)9-11-25(26,3)23(21)16-4-7-22(29)31-14-16/h4,7,14,17-21,23,28,30H,5-6,8-13H2,1-3H3/t17?,18-,19-,20?,21-,23?,24-,25+,26-/m0/s1. The fourth-order valence-corrected chi connectivity index (χ4v) is 8.67. The topological polar surface area (TPSA) is 97.0 Å². The van der Waals surface area contributed by atoms with Crippen LogP contribution in [-0.2, 0) is 9.53 Å². The SMILES string of the molecule is CC(=O)O[C@H]1C[C@]2(O)C3CCC4C[C@@H](O)CC[C@]4(C)[C@H]3CC[C@]2(C)C1c1ccc(=O)oc1. The molecular formula is C26H36O6. The maximum atomic E-state index is 12.5. The third-order valence-electron chi connectivity index (χ3n) is 10.2. The Bertz CT molecular complexity index is 935. The summed E-state index contributed by atoms with van der Waals surface area (Å²) in [5.41, 5.74) is -0.903. The van der Waals surface area contributed by atoms with Gasteiger partial charge in [0, 0.05) is 30.7 Å². The second-order valence-electron chi connectivity index (χ2n) is 11.5. The number of fused-ring (bicyclic) bond motifs is 5. The van der Waals surface area contributed by atoms with Gasteiger partial charge in [0.2, 0.25) is 0 Å². The predicted octanol–water partition coefficient (Wildman–Crippen LogP) is 3.78. The zero-order valence-corrected chi connectivity index (χ0v) is 19.4. The summed E-state index contributed by atoms with van der Waals surface area (Å²) in [6.45, 7) is 5.94. The Hall–Kier alpha value is -1.66. The van der Waals surface area contributed by atoms with E-state index in [1.165, 1.54) is 19.3 Å². The van der Waals surface area contributed by atoms with Crippen LogP contribution in [0.5, 0.6) is 0 Å². The minimum atomic E-state index is -0.957. The van der Waals surface area contributed by atoms with Gasteiger partial charge in [0.05, 0.1) is 18.0 Å². The molecule has 2 N–H and O–H groups in total. The first-order valence-corrected chi connectivity index (χ1v) is 12.2. The summed E-state index contributed by atoms with van der Waals surface area (Å²) >= 11 is 0. The molecule has 4 aliphatic carbocycles. The summed E-state index contributed by atoms with van der Waals surface area (Å²) in [5, 5.41) is 22.7. The lowest BCUT2D eigenvalue weighted by molar-refractivity contribution is -0.205. The minimum Gasteiger partial charge on any atom is -0.462 e. The molecule has 0 aromatic carbocycles. The second kappa shape index (κ2) is 7.42. The van der Waals surface area contributed by atoms with Crippen LogP contribution in [0, 0.1) is 28.6 Å². The highest BCUT2D eigenvalue weighted by Crippen LogP contribution is 2.70. The first-order chi connectivity index (χ1) is 15.1. The molecule has 176 valence electrons. The van der Waals surface area contributed by atoms with Gasteiger partial charge in [-0.3, -0.25) is 4.79 Å². The Morgan fingerprint density at radius 1 is 1.12 bits per heavy atom. The Kier molecular flexibility index (Phi) is 5.14. The normalized spacial score (nSPS) is 47.8. The highest BCUT2D eigenvalue weighted by Gasteiger charge is 2.70.